The Morgan fingerprint density at radius 1 is 1.26 bits per heavy atom. The van der Waals surface area contributed by atoms with Crippen molar-refractivity contribution in [3.63, 3.8) is 0 Å². The fourth-order valence-corrected chi connectivity index (χ4v) is 2.32. The van der Waals surface area contributed by atoms with Crippen LogP contribution in [0.4, 0.5) is 0 Å². The number of furan rings is 1. The molecule has 0 radical (unpaired) electrons. The average molecular weight is 276 g/mol. The van der Waals surface area contributed by atoms with Crippen LogP contribution in [0.2, 0.25) is 5.02 Å². The van der Waals surface area contributed by atoms with Gasteiger partial charge in [0.2, 0.25) is 0 Å². The van der Waals surface area contributed by atoms with E-state index in [0.717, 1.165) is 18.4 Å². The molecule has 3 nitrogen and oxygen atoms in total. The van der Waals surface area contributed by atoms with Crippen LogP contribution in [0.1, 0.15) is 35.0 Å². The number of halogens is 1. The lowest BCUT2D eigenvalue weighted by molar-refractivity contribution is 0.0903. The molecule has 0 bridgehead atoms. The monoisotopic (exact) mass is 275 g/mol. The summed E-state index contributed by atoms with van der Waals surface area (Å²) >= 11 is 5.90. The molecule has 1 atom stereocenters. The molecule has 98 valence electrons. The van der Waals surface area contributed by atoms with Crippen LogP contribution < -0.4 is 5.32 Å². The Kier molecular flexibility index (Phi) is 3.30. The number of hydrogen-bond donors (Lipinski definition) is 1. The van der Waals surface area contributed by atoms with Gasteiger partial charge in [-0.25, -0.2) is 0 Å². The van der Waals surface area contributed by atoms with Crippen LogP contribution >= 0.6 is 11.6 Å². The van der Waals surface area contributed by atoms with E-state index in [1.54, 1.807) is 12.1 Å². The van der Waals surface area contributed by atoms with E-state index in [0.29, 0.717) is 16.7 Å². The summed E-state index contributed by atoms with van der Waals surface area (Å²) in [5.41, 5.74) is 1.09. The first-order chi connectivity index (χ1) is 9.24. The molecule has 1 unspecified atom stereocenters. The van der Waals surface area contributed by atoms with Gasteiger partial charge in [0.25, 0.3) is 5.91 Å². The lowest BCUT2D eigenvalue weighted by atomic mass is 10.0. The zero-order valence-electron chi connectivity index (χ0n) is 10.3. The summed E-state index contributed by atoms with van der Waals surface area (Å²) in [5, 5.41) is 3.75. The van der Waals surface area contributed by atoms with Crippen LogP contribution in [-0.4, -0.2) is 5.91 Å². The van der Waals surface area contributed by atoms with E-state index >= 15 is 0 Å². The van der Waals surface area contributed by atoms with Gasteiger partial charge in [0.05, 0.1) is 12.3 Å². The standard InChI is InChI=1S/C15H14ClNO2/c16-12-7-5-11(6-8-12)14(10-3-4-10)17-15(18)13-2-1-9-19-13/h1-2,5-10,14H,3-4H2,(H,17,18). The van der Waals surface area contributed by atoms with Gasteiger partial charge in [-0.05, 0) is 48.6 Å². The molecule has 19 heavy (non-hydrogen) atoms. The number of carbonyl (C=O) groups excluding carboxylic acids is 1. The number of carbonyl (C=O) groups is 1. The fourth-order valence-electron chi connectivity index (χ4n) is 2.19. The minimum atomic E-state index is -0.170. The summed E-state index contributed by atoms with van der Waals surface area (Å²) in [6, 6.07) is 11.1. The van der Waals surface area contributed by atoms with Gasteiger partial charge in [-0.2, -0.15) is 0 Å². The van der Waals surface area contributed by atoms with E-state index in [1.807, 2.05) is 24.3 Å². The maximum atomic E-state index is 12.1. The second-order valence-corrected chi connectivity index (χ2v) is 5.25. The zero-order valence-corrected chi connectivity index (χ0v) is 11.1. The Morgan fingerprint density at radius 2 is 2.00 bits per heavy atom. The van der Waals surface area contributed by atoms with Crippen LogP contribution in [0.5, 0.6) is 0 Å². The highest BCUT2D eigenvalue weighted by atomic mass is 35.5. The predicted octanol–water partition coefficient (Wildman–Crippen LogP) is 3.81. The topological polar surface area (TPSA) is 42.2 Å². The molecule has 1 aliphatic carbocycles. The van der Waals surface area contributed by atoms with E-state index in [2.05, 4.69) is 5.32 Å². The molecule has 0 aliphatic heterocycles. The Labute approximate surface area is 116 Å². The van der Waals surface area contributed by atoms with Crippen molar-refractivity contribution in [3.8, 4) is 0 Å². The smallest absolute Gasteiger partial charge is 0.287 e. The number of hydrogen-bond acceptors (Lipinski definition) is 2. The van der Waals surface area contributed by atoms with Gasteiger partial charge in [-0.15, -0.1) is 0 Å². The molecule has 2 aromatic rings. The van der Waals surface area contributed by atoms with E-state index in [1.165, 1.54) is 6.26 Å². The molecule has 0 saturated heterocycles. The molecule has 1 aromatic carbocycles. The Morgan fingerprint density at radius 3 is 2.58 bits per heavy atom. The van der Waals surface area contributed by atoms with Crippen molar-refractivity contribution in [1.29, 1.82) is 0 Å². The highest BCUT2D eigenvalue weighted by Crippen LogP contribution is 2.41. The lowest BCUT2D eigenvalue weighted by Gasteiger charge is -2.18. The molecule has 1 aromatic heterocycles. The van der Waals surface area contributed by atoms with Crippen LogP contribution in [0, 0.1) is 5.92 Å². The van der Waals surface area contributed by atoms with Crippen molar-refractivity contribution >= 4 is 17.5 Å². The average Bonchev–Trinajstić information content (AvgIpc) is 3.10. The first-order valence-corrected chi connectivity index (χ1v) is 6.71. The van der Waals surface area contributed by atoms with Crippen LogP contribution in [0.15, 0.2) is 47.1 Å². The van der Waals surface area contributed by atoms with Gasteiger partial charge in [0.15, 0.2) is 5.76 Å². The summed E-state index contributed by atoms with van der Waals surface area (Å²) in [6.45, 7) is 0. The minimum absolute atomic E-state index is 0.0369. The Bertz CT molecular complexity index is 558. The SMILES string of the molecule is O=C(NC(c1ccc(Cl)cc1)C1CC1)c1ccco1. The molecule has 4 heteroatoms. The highest BCUT2D eigenvalue weighted by Gasteiger charge is 2.33. The summed E-state index contributed by atoms with van der Waals surface area (Å²) in [5.74, 6) is 0.691. The third kappa shape index (κ3) is 2.82. The summed E-state index contributed by atoms with van der Waals surface area (Å²) in [6.07, 6.45) is 3.79. The van der Waals surface area contributed by atoms with E-state index in [9.17, 15) is 4.79 Å². The van der Waals surface area contributed by atoms with Crippen LogP contribution in [-0.2, 0) is 0 Å². The maximum absolute atomic E-state index is 12.1. The van der Waals surface area contributed by atoms with Gasteiger partial charge in [0.1, 0.15) is 0 Å². The van der Waals surface area contributed by atoms with Crippen molar-refractivity contribution < 1.29 is 9.21 Å². The van der Waals surface area contributed by atoms with Crippen molar-refractivity contribution in [2.75, 3.05) is 0 Å². The van der Waals surface area contributed by atoms with Gasteiger partial charge >= 0.3 is 0 Å². The van der Waals surface area contributed by atoms with Gasteiger partial charge in [-0.1, -0.05) is 23.7 Å². The first-order valence-electron chi connectivity index (χ1n) is 6.34. The molecule has 1 amide bonds. The van der Waals surface area contributed by atoms with Crippen molar-refractivity contribution in [2.45, 2.75) is 18.9 Å². The van der Waals surface area contributed by atoms with E-state index in [-0.39, 0.29) is 11.9 Å². The molecule has 0 spiro atoms. The number of amides is 1. The second-order valence-electron chi connectivity index (χ2n) is 4.82. The highest BCUT2D eigenvalue weighted by molar-refractivity contribution is 6.30. The van der Waals surface area contributed by atoms with Gasteiger partial charge in [-0.3, -0.25) is 4.79 Å². The van der Waals surface area contributed by atoms with Crippen molar-refractivity contribution in [2.24, 2.45) is 5.92 Å². The minimum Gasteiger partial charge on any atom is -0.459 e. The molecular formula is C15H14ClNO2. The largest absolute Gasteiger partial charge is 0.459 e. The number of nitrogens with one attached hydrogen (secondary N) is 1. The molecule has 1 fully saturated rings. The molecule has 1 aliphatic rings. The fraction of sp³-hybridized carbons (Fsp3) is 0.267. The zero-order chi connectivity index (χ0) is 13.2. The molecular weight excluding hydrogens is 262 g/mol. The third-order valence-electron chi connectivity index (χ3n) is 3.35. The number of rotatable bonds is 4. The third-order valence-corrected chi connectivity index (χ3v) is 3.61. The van der Waals surface area contributed by atoms with E-state index in [4.69, 9.17) is 16.0 Å². The molecule has 1 saturated carbocycles. The van der Waals surface area contributed by atoms with Crippen LogP contribution in [0.3, 0.4) is 0 Å². The predicted molar refractivity (Wildman–Crippen MR) is 73.1 cm³/mol. The second kappa shape index (κ2) is 5.10. The first kappa shape index (κ1) is 12.3. The van der Waals surface area contributed by atoms with Gasteiger partial charge in [0, 0.05) is 5.02 Å². The summed E-state index contributed by atoms with van der Waals surface area (Å²) in [4.78, 5) is 12.1. The Balaban J connectivity index is 1.78. The van der Waals surface area contributed by atoms with Gasteiger partial charge < -0.3 is 9.73 Å². The van der Waals surface area contributed by atoms with Crippen molar-refractivity contribution in [1.82, 2.24) is 5.32 Å². The Hall–Kier alpha value is -1.74. The maximum Gasteiger partial charge on any atom is 0.287 e. The summed E-state index contributed by atoms with van der Waals surface area (Å²) in [7, 11) is 0. The van der Waals surface area contributed by atoms with Crippen molar-refractivity contribution in [3.05, 3.63) is 59.0 Å². The van der Waals surface area contributed by atoms with Crippen LogP contribution in [0.25, 0.3) is 0 Å². The molecule has 1 N–H and O–H groups in total. The lowest BCUT2D eigenvalue weighted by Crippen LogP contribution is -2.29. The quantitative estimate of drug-likeness (QED) is 0.922. The molecule has 3 rings (SSSR count). The van der Waals surface area contributed by atoms with E-state index < -0.39 is 0 Å². The number of benzene rings is 1. The normalized spacial score (nSPS) is 16.1. The molecule has 1 heterocycles. The summed E-state index contributed by atoms with van der Waals surface area (Å²) < 4.78 is 5.12.